The molecule has 29 heavy (non-hydrogen) atoms. The summed E-state index contributed by atoms with van der Waals surface area (Å²) in [6, 6.07) is 6.82. The number of unbranched alkanes of at least 4 members (excludes halogenated alkanes) is 1. The Morgan fingerprint density at radius 3 is 2.24 bits per heavy atom. The molecule has 0 radical (unpaired) electrons. The lowest BCUT2D eigenvalue weighted by molar-refractivity contribution is -0.140. The second kappa shape index (κ2) is 9.91. The largest absolute Gasteiger partial charge is 0.469 e. The second-order valence-electron chi connectivity index (χ2n) is 6.80. The third-order valence-corrected chi connectivity index (χ3v) is 5.00. The predicted molar refractivity (Wildman–Crippen MR) is 110 cm³/mol. The molecule has 2 rings (SSSR count). The van der Waals surface area contributed by atoms with Gasteiger partial charge in [0.25, 0.3) is 5.91 Å². The minimum absolute atomic E-state index is 0.192. The van der Waals surface area contributed by atoms with E-state index in [1.807, 2.05) is 6.92 Å². The van der Waals surface area contributed by atoms with Gasteiger partial charge in [0.05, 0.1) is 31.8 Å². The number of nitrogens with two attached hydrogens (primary N) is 1. The van der Waals surface area contributed by atoms with Crippen molar-refractivity contribution in [3.8, 4) is 11.1 Å². The Balaban J connectivity index is 2.64. The highest BCUT2D eigenvalue weighted by Crippen LogP contribution is 2.34. The molecule has 0 unspecified atom stereocenters. The average Bonchev–Trinajstić information content (AvgIpc) is 3.01. The summed E-state index contributed by atoms with van der Waals surface area (Å²) in [6.07, 6.45) is 2.53. The smallest absolute Gasteiger partial charge is 0.337 e. The third-order valence-electron chi connectivity index (χ3n) is 5.00. The molecule has 1 aromatic heterocycles. The SMILES string of the molecule is CCCCn1c(C)c(C(N)=O)c(-c2ccc(C(=O)OC)cc2)c1CCC(=O)OC. The number of aromatic nitrogens is 1. The van der Waals surface area contributed by atoms with Crippen LogP contribution in [0.5, 0.6) is 0 Å². The lowest BCUT2D eigenvalue weighted by Gasteiger charge is -2.13. The van der Waals surface area contributed by atoms with Gasteiger partial charge in [-0.1, -0.05) is 25.5 Å². The summed E-state index contributed by atoms with van der Waals surface area (Å²) in [6.45, 7) is 4.68. The fourth-order valence-corrected chi connectivity index (χ4v) is 3.50. The van der Waals surface area contributed by atoms with E-state index in [9.17, 15) is 14.4 Å². The fraction of sp³-hybridized carbons (Fsp3) is 0.409. The van der Waals surface area contributed by atoms with E-state index in [1.54, 1.807) is 24.3 Å². The zero-order chi connectivity index (χ0) is 21.6. The van der Waals surface area contributed by atoms with E-state index in [2.05, 4.69) is 11.5 Å². The molecule has 0 aliphatic heterocycles. The molecule has 0 saturated carbocycles. The van der Waals surface area contributed by atoms with Crippen molar-refractivity contribution in [1.29, 1.82) is 0 Å². The minimum atomic E-state index is -0.524. The van der Waals surface area contributed by atoms with Gasteiger partial charge in [0, 0.05) is 23.5 Å². The van der Waals surface area contributed by atoms with Crippen LogP contribution in [0.25, 0.3) is 11.1 Å². The van der Waals surface area contributed by atoms with E-state index < -0.39 is 11.9 Å². The number of amides is 1. The summed E-state index contributed by atoms with van der Waals surface area (Å²) >= 11 is 0. The molecule has 1 amide bonds. The summed E-state index contributed by atoms with van der Waals surface area (Å²) in [7, 11) is 2.68. The quantitative estimate of drug-likeness (QED) is 0.651. The number of hydrogen-bond donors (Lipinski definition) is 1. The van der Waals surface area contributed by atoms with Crippen molar-refractivity contribution in [3.05, 3.63) is 46.8 Å². The number of benzene rings is 1. The van der Waals surface area contributed by atoms with Crippen LogP contribution in [0, 0.1) is 6.92 Å². The van der Waals surface area contributed by atoms with Gasteiger partial charge in [-0.25, -0.2) is 4.79 Å². The number of nitrogens with zero attached hydrogens (tertiary/aromatic N) is 1. The maximum absolute atomic E-state index is 12.3. The fourth-order valence-electron chi connectivity index (χ4n) is 3.50. The Bertz CT molecular complexity index is 897. The number of carbonyl (C=O) groups is 3. The van der Waals surface area contributed by atoms with Crippen molar-refractivity contribution in [2.75, 3.05) is 14.2 Å². The molecule has 0 fully saturated rings. The average molecular weight is 400 g/mol. The number of ether oxygens (including phenoxy) is 2. The van der Waals surface area contributed by atoms with Crippen LogP contribution in [0.15, 0.2) is 24.3 Å². The summed E-state index contributed by atoms with van der Waals surface area (Å²) in [4.78, 5) is 35.8. The molecule has 7 nitrogen and oxygen atoms in total. The number of hydrogen-bond acceptors (Lipinski definition) is 5. The molecule has 1 aromatic carbocycles. The number of rotatable bonds is 9. The zero-order valence-electron chi connectivity index (χ0n) is 17.4. The molecule has 0 atom stereocenters. The molecule has 0 saturated heterocycles. The van der Waals surface area contributed by atoms with Crippen LogP contribution in [0.4, 0.5) is 0 Å². The Hall–Kier alpha value is -3.09. The highest BCUT2D eigenvalue weighted by atomic mass is 16.5. The van der Waals surface area contributed by atoms with Crippen molar-refractivity contribution < 1.29 is 23.9 Å². The molecule has 2 aromatic rings. The van der Waals surface area contributed by atoms with Crippen molar-refractivity contribution in [2.45, 2.75) is 46.1 Å². The van der Waals surface area contributed by atoms with Crippen molar-refractivity contribution >= 4 is 17.8 Å². The normalized spacial score (nSPS) is 10.6. The third kappa shape index (κ3) is 4.85. The van der Waals surface area contributed by atoms with Gasteiger partial charge in [-0.05, 0) is 37.5 Å². The van der Waals surface area contributed by atoms with Gasteiger partial charge in [0.2, 0.25) is 0 Å². The standard InChI is InChI=1S/C22H28N2O5/c1-5-6-13-24-14(2)19(21(23)26)20(17(24)11-12-18(25)28-3)15-7-9-16(10-8-15)22(27)29-4/h7-10H,5-6,11-13H2,1-4H3,(H2,23,26). The van der Waals surface area contributed by atoms with Crippen LogP contribution < -0.4 is 5.73 Å². The first kappa shape index (κ1) is 22.2. The van der Waals surface area contributed by atoms with Gasteiger partial charge in [0.1, 0.15) is 0 Å². The van der Waals surface area contributed by atoms with Gasteiger partial charge in [-0.15, -0.1) is 0 Å². The van der Waals surface area contributed by atoms with Gasteiger partial charge in [-0.3, -0.25) is 9.59 Å². The molecule has 0 bridgehead atoms. The van der Waals surface area contributed by atoms with Crippen LogP contribution in [-0.4, -0.2) is 36.6 Å². The number of primary amides is 1. The Morgan fingerprint density at radius 2 is 1.72 bits per heavy atom. The first-order valence-electron chi connectivity index (χ1n) is 9.62. The van der Waals surface area contributed by atoms with E-state index in [1.165, 1.54) is 14.2 Å². The van der Waals surface area contributed by atoms with E-state index in [4.69, 9.17) is 15.2 Å². The highest BCUT2D eigenvalue weighted by Gasteiger charge is 2.25. The number of carbonyl (C=O) groups excluding carboxylic acids is 3. The van der Waals surface area contributed by atoms with Crippen LogP contribution in [-0.2, 0) is 27.2 Å². The van der Waals surface area contributed by atoms with Crippen molar-refractivity contribution in [2.24, 2.45) is 5.73 Å². The van der Waals surface area contributed by atoms with Crippen LogP contribution in [0.1, 0.15) is 58.3 Å². The maximum Gasteiger partial charge on any atom is 0.337 e. The minimum Gasteiger partial charge on any atom is -0.469 e. The highest BCUT2D eigenvalue weighted by molar-refractivity contribution is 6.02. The van der Waals surface area contributed by atoms with Crippen molar-refractivity contribution in [3.63, 3.8) is 0 Å². The van der Waals surface area contributed by atoms with Gasteiger partial charge < -0.3 is 19.8 Å². The van der Waals surface area contributed by atoms with E-state index in [0.29, 0.717) is 23.1 Å². The van der Waals surface area contributed by atoms with Crippen molar-refractivity contribution in [1.82, 2.24) is 4.57 Å². The lowest BCUT2D eigenvalue weighted by atomic mass is 9.97. The molecular weight excluding hydrogens is 372 g/mol. The van der Waals surface area contributed by atoms with Crippen LogP contribution in [0.3, 0.4) is 0 Å². The first-order chi connectivity index (χ1) is 13.8. The molecule has 2 N–H and O–H groups in total. The lowest BCUT2D eigenvalue weighted by Crippen LogP contribution is -2.13. The first-order valence-corrected chi connectivity index (χ1v) is 9.62. The number of esters is 2. The number of methoxy groups -OCH3 is 2. The van der Waals surface area contributed by atoms with E-state index in [-0.39, 0.29) is 12.4 Å². The Morgan fingerprint density at radius 1 is 1.07 bits per heavy atom. The van der Waals surface area contributed by atoms with Gasteiger partial charge in [-0.2, -0.15) is 0 Å². The van der Waals surface area contributed by atoms with E-state index in [0.717, 1.165) is 36.3 Å². The Kier molecular flexibility index (Phi) is 7.59. The molecule has 0 aliphatic carbocycles. The predicted octanol–water partition coefficient (Wildman–Crippen LogP) is 3.25. The van der Waals surface area contributed by atoms with E-state index >= 15 is 0 Å². The Labute approximate surface area is 170 Å². The maximum atomic E-state index is 12.3. The summed E-state index contributed by atoms with van der Waals surface area (Å²) in [5.74, 6) is -1.28. The summed E-state index contributed by atoms with van der Waals surface area (Å²) < 4.78 is 11.6. The van der Waals surface area contributed by atoms with Crippen LogP contribution in [0.2, 0.25) is 0 Å². The van der Waals surface area contributed by atoms with Gasteiger partial charge >= 0.3 is 11.9 Å². The molecule has 0 aliphatic rings. The monoisotopic (exact) mass is 400 g/mol. The topological polar surface area (TPSA) is 101 Å². The second-order valence-corrected chi connectivity index (χ2v) is 6.80. The summed E-state index contributed by atoms with van der Waals surface area (Å²) in [5.41, 5.74) is 9.67. The molecule has 1 heterocycles. The van der Waals surface area contributed by atoms with Crippen LogP contribution >= 0.6 is 0 Å². The zero-order valence-corrected chi connectivity index (χ0v) is 17.4. The summed E-state index contributed by atoms with van der Waals surface area (Å²) in [5, 5.41) is 0. The molecule has 0 spiro atoms. The molecular formula is C22H28N2O5. The molecule has 7 heteroatoms. The van der Waals surface area contributed by atoms with Gasteiger partial charge in [0.15, 0.2) is 0 Å². The molecule has 156 valence electrons.